The van der Waals surface area contributed by atoms with Crippen molar-refractivity contribution in [3.63, 3.8) is 0 Å². The molecule has 1 aliphatic heterocycles. The summed E-state index contributed by atoms with van der Waals surface area (Å²) in [6.07, 6.45) is 0.954. The summed E-state index contributed by atoms with van der Waals surface area (Å²) < 4.78 is 52.8. The number of hydrogen-bond donors (Lipinski definition) is 0. The lowest BCUT2D eigenvalue weighted by Gasteiger charge is -2.39. The van der Waals surface area contributed by atoms with Crippen LogP contribution < -0.4 is 9.21 Å². The second kappa shape index (κ2) is 8.36. The van der Waals surface area contributed by atoms with E-state index in [9.17, 15) is 22.0 Å². The maximum Gasteiger partial charge on any atom is 0.246 e. The third-order valence-corrected chi connectivity index (χ3v) is 6.17. The first kappa shape index (κ1) is 21.0. The Hall–Kier alpha value is -2.68. The van der Waals surface area contributed by atoms with Crippen LogP contribution in [-0.2, 0) is 14.8 Å². The molecule has 1 heterocycles. The zero-order valence-corrected chi connectivity index (χ0v) is 17.1. The molecule has 156 valence electrons. The largest absolute Gasteiger partial charge is 0.368 e. The SMILES string of the molecule is C[C@@H](C(=O)N1CCN(c2ccc(F)cc2)CC1)N(c1ccccc1F)S(C)(=O)=O. The third kappa shape index (κ3) is 4.67. The average Bonchev–Trinajstić information content (AvgIpc) is 2.69. The van der Waals surface area contributed by atoms with Crippen molar-refractivity contribution in [2.45, 2.75) is 13.0 Å². The second-order valence-corrected chi connectivity index (χ2v) is 8.83. The Labute approximate surface area is 169 Å². The molecule has 0 unspecified atom stereocenters. The van der Waals surface area contributed by atoms with E-state index in [1.807, 2.05) is 4.90 Å². The highest BCUT2D eigenvalue weighted by atomic mass is 32.2. The fourth-order valence-electron chi connectivity index (χ4n) is 3.51. The van der Waals surface area contributed by atoms with E-state index < -0.39 is 27.8 Å². The van der Waals surface area contributed by atoms with Gasteiger partial charge in [-0.25, -0.2) is 17.2 Å². The predicted molar refractivity (Wildman–Crippen MR) is 108 cm³/mol. The fourth-order valence-corrected chi connectivity index (χ4v) is 4.68. The number of halogens is 2. The van der Waals surface area contributed by atoms with Crippen LogP contribution in [0.25, 0.3) is 0 Å². The van der Waals surface area contributed by atoms with E-state index in [1.54, 1.807) is 17.0 Å². The van der Waals surface area contributed by atoms with Crippen LogP contribution in [0.1, 0.15) is 6.92 Å². The number of rotatable bonds is 5. The van der Waals surface area contributed by atoms with Gasteiger partial charge in [0, 0.05) is 31.9 Å². The topological polar surface area (TPSA) is 60.9 Å². The smallest absolute Gasteiger partial charge is 0.246 e. The van der Waals surface area contributed by atoms with Gasteiger partial charge in [0.2, 0.25) is 15.9 Å². The normalized spacial score (nSPS) is 15.9. The molecular weight excluding hydrogens is 400 g/mol. The zero-order valence-electron chi connectivity index (χ0n) is 16.3. The van der Waals surface area contributed by atoms with Crippen molar-refractivity contribution >= 4 is 27.3 Å². The zero-order chi connectivity index (χ0) is 21.2. The lowest BCUT2D eigenvalue weighted by Crippen LogP contribution is -2.55. The van der Waals surface area contributed by atoms with E-state index in [-0.39, 0.29) is 11.5 Å². The molecule has 0 aromatic heterocycles. The van der Waals surface area contributed by atoms with E-state index in [0.29, 0.717) is 26.2 Å². The highest BCUT2D eigenvalue weighted by Gasteiger charge is 2.34. The van der Waals surface area contributed by atoms with E-state index >= 15 is 0 Å². The van der Waals surface area contributed by atoms with E-state index in [0.717, 1.165) is 22.3 Å². The van der Waals surface area contributed by atoms with Crippen LogP contribution in [0.2, 0.25) is 0 Å². The monoisotopic (exact) mass is 423 g/mol. The predicted octanol–water partition coefficient (Wildman–Crippen LogP) is 2.47. The molecule has 1 fully saturated rings. The van der Waals surface area contributed by atoms with Crippen molar-refractivity contribution in [2.75, 3.05) is 41.6 Å². The molecule has 9 heteroatoms. The standard InChI is InChI=1S/C20H23F2N3O3S/c1-15(25(29(2,27)28)19-6-4-3-5-18(19)22)20(26)24-13-11-23(12-14-24)17-9-7-16(21)8-10-17/h3-10,15H,11-14H2,1-2H3/t15-/m0/s1. The average molecular weight is 423 g/mol. The number of amides is 1. The van der Waals surface area contributed by atoms with Gasteiger partial charge in [-0.15, -0.1) is 0 Å². The Morgan fingerprint density at radius 2 is 1.59 bits per heavy atom. The van der Waals surface area contributed by atoms with Gasteiger partial charge in [0.15, 0.2) is 0 Å². The fraction of sp³-hybridized carbons (Fsp3) is 0.350. The van der Waals surface area contributed by atoms with Gasteiger partial charge >= 0.3 is 0 Å². The van der Waals surface area contributed by atoms with Gasteiger partial charge in [-0.1, -0.05) is 12.1 Å². The van der Waals surface area contributed by atoms with Gasteiger partial charge < -0.3 is 9.80 Å². The number of benzene rings is 2. The van der Waals surface area contributed by atoms with Gasteiger partial charge in [0.05, 0.1) is 11.9 Å². The Morgan fingerprint density at radius 3 is 2.14 bits per heavy atom. The lowest BCUT2D eigenvalue weighted by atomic mass is 10.2. The summed E-state index contributed by atoms with van der Waals surface area (Å²) in [5.41, 5.74) is 0.705. The number of sulfonamides is 1. The molecule has 6 nitrogen and oxygen atoms in total. The molecular formula is C20H23F2N3O3S. The molecule has 1 aliphatic rings. The third-order valence-electron chi connectivity index (χ3n) is 4.94. The molecule has 0 bridgehead atoms. The molecule has 2 aromatic rings. The molecule has 1 atom stereocenters. The van der Waals surface area contributed by atoms with Crippen LogP contribution in [0, 0.1) is 11.6 Å². The lowest BCUT2D eigenvalue weighted by molar-refractivity contribution is -0.132. The van der Waals surface area contributed by atoms with Crippen LogP contribution in [0.3, 0.4) is 0 Å². The molecule has 0 N–H and O–H groups in total. The van der Waals surface area contributed by atoms with Crippen molar-refractivity contribution < 1.29 is 22.0 Å². The molecule has 29 heavy (non-hydrogen) atoms. The van der Waals surface area contributed by atoms with Crippen molar-refractivity contribution in [3.8, 4) is 0 Å². The number of para-hydroxylation sites is 1. The Bertz CT molecular complexity index is 975. The van der Waals surface area contributed by atoms with Crippen LogP contribution in [0.4, 0.5) is 20.2 Å². The Kier molecular flexibility index (Phi) is 6.07. The number of nitrogens with zero attached hydrogens (tertiary/aromatic N) is 3. The molecule has 1 saturated heterocycles. The van der Waals surface area contributed by atoms with Crippen molar-refractivity contribution in [3.05, 3.63) is 60.2 Å². The molecule has 1 amide bonds. The van der Waals surface area contributed by atoms with Crippen LogP contribution >= 0.6 is 0 Å². The quantitative estimate of drug-likeness (QED) is 0.741. The van der Waals surface area contributed by atoms with E-state index in [2.05, 4.69) is 0 Å². The van der Waals surface area contributed by atoms with Crippen molar-refractivity contribution in [1.82, 2.24) is 4.90 Å². The summed E-state index contributed by atoms with van der Waals surface area (Å²) in [6.45, 7) is 3.29. The minimum Gasteiger partial charge on any atom is -0.368 e. The maximum atomic E-state index is 14.2. The van der Waals surface area contributed by atoms with Gasteiger partial charge in [-0.3, -0.25) is 9.10 Å². The molecule has 0 aliphatic carbocycles. The van der Waals surface area contributed by atoms with E-state index in [4.69, 9.17) is 0 Å². The number of piperazine rings is 1. The Morgan fingerprint density at radius 1 is 1.00 bits per heavy atom. The highest BCUT2D eigenvalue weighted by molar-refractivity contribution is 7.92. The summed E-state index contributed by atoms with van der Waals surface area (Å²) in [5, 5.41) is 0. The first-order valence-electron chi connectivity index (χ1n) is 9.21. The first-order chi connectivity index (χ1) is 13.7. The summed E-state index contributed by atoms with van der Waals surface area (Å²) in [6, 6.07) is 10.5. The minimum absolute atomic E-state index is 0.152. The number of hydrogen-bond acceptors (Lipinski definition) is 4. The second-order valence-electron chi connectivity index (χ2n) is 6.97. The van der Waals surface area contributed by atoms with Crippen molar-refractivity contribution in [1.29, 1.82) is 0 Å². The first-order valence-corrected chi connectivity index (χ1v) is 11.1. The molecule has 0 spiro atoms. The number of carbonyl (C=O) groups is 1. The van der Waals surface area contributed by atoms with Crippen LogP contribution in [-0.4, -0.2) is 57.7 Å². The van der Waals surface area contributed by atoms with Gasteiger partial charge in [-0.2, -0.15) is 0 Å². The molecule has 3 rings (SSSR count). The Balaban J connectivity index is 1.74. The molecule has 0 radical (unpaired) electrons. The summed E-state index contributed by atoms with van der Waals surface area (Å²) in [5.74, 6) is -1.42. The van der Waals surface area contributed by atoms with Gasteiger partial charge in [0.25, 0.3) is 0 Å². The summed E-state index contributed by atoms with van der Waals surface area (Å²) in [4.78, 5) is 16.6. The molecule has 0 saturated carbocycles. The van der Waals surface area contributed by atoms with E-state index in [1.165, 1.54) is 37.3 Å². The van der Waals surface area contributed by atoms with Gasteiger partial charge in [0.1, 0.15) is 17.7 Å². The number of anilines is 2. The van der Waals surface area contributed by atoms with Crippen molar-refractivity contribution in [2.24, 2.45) is 0 Å². The summed E-state index contributed by atoms with van der Waals surface area (Å²) >= 11 is 0. The van der Waals surface area contributed by atoms with Crippen LogP contribution in [0.15, 0.2) is 48.5 Å². The van der Waals surface area contributed by atoms with Gasteiger partial charge in [-0.05, 0) is 43.3 Å². The minimum atomic E-state index is -3.88. The highest BCUT2D eigenvalue weighted by Crippen LogP contribution is 2.25. The maximum absolute atomic E-state index is 14.2. The summed E-state index contributed by atoms with van der Waals surface area (Å²) in [7, 11) is -3.88. The number of carbonyl (C=O) groups excluding carboxylic acids is 1. The van der Waals surface area contributed by atoms with Crippen LogP contribution in [0.5, 0.6) is 0 Å². The molecule has 2 aromatic carbocycles.